The Morgan fingerprint density at radius 2 is 2.04 bits per heavy atom. The normalized spacial score (nSPS) is 18.5. The number of hydrogen-bond acceptors (Lipinski definition) is 4. The summed E-state index contributed by atoms with van der Waals surface area (Å²) in [5.41, 5.74) is 3.82. The van der Waals surface area contributed by atoms with E-state index < -0.39 is 0 Å². The van der Waals surface area contributed by atoms with Crippen molar-refractivity contribution >= 4 is 34.5 Å². The lowest BCUT2D eigenvalue weighted by Gasteiger charge is -2.24. The zero-order chi connectivity index (χ0) is 19.8. The van der Waals surface area contributed by atoms with Crippen molar-refractivity contribution in [3.05, 3.63) is 79.5 Å². The summed E-state index contributed by atoms with van der Waals surface area (Å²) in [5.74, 6) is 0.525. The molecule has 1 atom stereocenters. The van der Waals surface area contributed by atoms with Gasteiger partial charge in [-0.2, -0.15) is 15.0 Å². The number of nitriles is 1. The van der Waals surface area contributed by atoms with Crippen molar-refractivity contribution in [1.82, 2.24) is 9.66 Å². The molecule has 1 aromatic carbocycles. The average molecular weight is 411 g/mol. The SMILES string of the molecule is CC1=Nn2c(nc(C3=CCC(C#N)=CC3)cc2=O)CC1c1ccc(Cl)cc1Cl. The highest BCUT2D eigenvalue weighted by Gasteiger charge is 2.26. The maximum atomic E-state index is 12.6. The van der Waals surface area contributed by atoms with Crippen LogP contribution in [-0.4, -0.2) is 15.4 Å². The number of hydrogen-bond donors (Lipinski definition) is 0. The molecule has 1 unspecified atom stereocenters. The first-order valence-electron chi connectivity index (χ1n) is 8.88. The molecule has 0 spiro atoms. The van der Waals surface area contributed by atoms with Crippen LogP contribution < -0.4 is 5.56 Å². The van der Waals surface area contributed by atoms with Gasteiger partial charge in [0.05, 0.1) is 11.8 Å². The molecular formula is C21H16Cl2N4O. The monoisotopic (exact) mass is 410 g/mol. The molecule has 2 aromatic rings. The van der Waals surface area contributed by atoms with E-state index in [-0.39, 0.29) is 11.5 Å². The number of allylic oxidation sites excluding steroid dienone is 4. The van der Waals surface area contributed by atoms with Crippen LogP contribution in [0.4, 0.5) is 0 Å². The second-order valence-electron chi connectivity index (χ2n) is 6.85. The first-order chi connectivity index (χ1) is 13.5. The van der Waals surface area contributed by atoms with Crippen LogP contribution >= 0.6 is 23.2 Å². The zero-order valence-electron chi connectivity index (χ0n) is 15.1. The molecule has 2 aliphatic rings. The molecule has 0 fully saturated rings. The van der Waals surface area contributed by atoms with E-state index in [4.69, 9.17) is 33.4 Å². The summed E-state index contributed by atoms with van der Waals surface area (Å²) in [6.45, 7) is 1.89. The third kappa shape index (κ3) is 3.42. The predicted octanol–water partition coefficient (Wildman–Crippen LogP) is 4.74. The van der Waals surface area contributed by atoms with E-state index in [1.807, 2.05) is 25.1 Å². The van der Waals surface area contributed by atoms with Gasteiger partial charge < -0.3 is 0 Å². The predicted molar refractivity (Wildman–Crippen MR) is 111 cm³/mol. The Kier molecular flexibility index (Phi) is 4.92. The van der Waals surface area contributed by atoms with E-state index in [0.717, 1.165) is 22.4 Å². The number of aromatic nitrogens is 2. The molecule has 0 saturated heterocycles. The highest BCUT2D eigenvalue weighted by Crippen LogP contribution is 2.33. The Hall–Kier alpha value is -2.68. The Labute approximate surface area is 172 Å². The fourth-order valence-electron chi connectivity index (χ4n) is 3.54. The summed E-state index contributed by atoms with van der Waals surface area (Å²) in [7, 11) is 0. The minimum atomic E-state index is -0.212. The van der Waals surface area contributed by atoms with Gasteiger partial charge in [-0.15, -0.1) is 0 Å². The van der Waals surface area contributed by atoms with Gasteiger partial charge in [0.15, 0.2) is 0 Å². The van der Waals surface area contributed by atoms with Crippen LogP contribution in [0, 0.1) is 11.3 Å². The van der Waals surface area contributed by atoms with Crippen molar-refractivity contribution in [3.8, 4) is 6.07 Å². The highest BCUT2D eigenvalue weighted by atomic mass is 35.5. The summed E-state index contributed by atoms with van der Waals surface area (Å²) in [5, 5.41) is 14.6. The smallest absolute Gasteiger partial charge is 0.267 e. The lowest BCUT2D eigenvalue weighted by Crippen LogP contribution is -2.31. The molecule has 7 heteroatoms. The Morgan fingerprint density at radius 3 is 2.71 bits per heavy atom. The first kappa shape index (κ1) is 18.7. The number of benzene rings is 1. The second-order valence-corrected chi connectivity index (χ2v) is 7.69. The van der Waals surface area contributed by atoms with Crippen molar-refractivity contribution in [1.29, 1.82) is 5.26 Å². The third-order valence-corrected chi connectivity index (χ3v) is 5.62. The minimum Gasteiger partial charge on any atom is -0.267 e. The van der Waals surface area contributed by atoms with Gasteiger partial charge in [-0.1, -0.05) is 41.4 Å². The summed E-state index contributed by atoms with van der Waals surface area (Å²) in [4.78, 5) is 17.3. The number of nitrogens with zero attached hydrogens (tertiary/aromatic N) is 4. The molecule has 1 aliphatic carbocycles. The van der Waals surface area contributed by atoms with Gasteiger partial charge in [0.2, 0.25) is 0 Å². The molecule has 4 rings (SSSR count). The molecule has 0 radical (unpaired) electrons. The zero-order valence-corrected chi connectivity index (χ0v) is 16.6. The summed E-state index contributed by atoms with van der Waals surface area (Å²) < 4.78 is 1.36. The topological polar surface area (TPSA) is 71.0 Å². The van der Waals surface area contributed by atoms with Crippen molar-refractivity contribution in [2.75, 3.05) is 0 Å². The fraction of sp³-hybridized carbons (Fsp3) is 0.238. The lowest BCUT2D eigenvalue weighted by molar-refractivity contribution is 0.637. The minimum absolute atomic E-state index is 0.0719. The molecule has 140 valence electrons. The lowest BCUT2D eigenvalue weighted by atomic mass is 9.90. The van der Waals surface area contributed by atoms with Crippen LogP contribution in [0.15, 0.2) is 51.9 Å². The third-order valence-electron chi connectivity index (χ3n) is 5.06. The van der Waals surface area contributed by atoms with Crippen LogP contribution in [0.25, 0.3) is 5.57 Å². The number of fused-ring (bicyclic) bond motifs is 1. The van der Waals surface area contributed by atoms with Gasteiger partial charge in [-0.25, -0.2) is 4.98 Å². The molecule has 0 bridgehead atoms. The molecule has 0 N–H and O–H groups in total. The molecule has 5 nitrogen and oxygen atoms in total. The maximum absolute atomic E-state index is 12.6. The summed E-state index contributed by atoms with van der Waals surface area (Å²) >= 11 is 12.4. The maximum Gasteiger partial charge on any atom is 0.274 e. The van der Waals surface area contributed by atoms with Gasteiger partial charge in [-0.05, 0) is 36.6 Å². The van der Waals surface area contributed by atoms with Crippen molar-refractivity contribution < 1.29 is 0 Å². The molecule has 1 aliphatic heterocycles. The van der Waals surface area contributed by atoms with Gasteiger partial charge >= 0.3 is 0 Å². The highest BCUT2D eigenvalue weighted by molar-refractivity contribution is 6.35. The largest absolute Gasteiger partial charge is 0.274 e. The Balaban J connectivity index is 1.72. The van der Waals surface area contributed by atoms with Crippen LogP contribution in [0.5, 0.6) is 0 Å². The molecule has 0 amide bonds. The van der Waals surface area contributed by atoms with Crippen LogP contribution in [-0.2, 0) is 6.42 Å². The van der Waals surface area contributed by atoms with E-state index in [9.17, 15) is 4.79 Å². The van der Waals surface area contributed by atoms with Crippen molar-refractivity contribution in [3.63, 3.8) is 0 Å². The van der Waals surface area contributed by atoms with Crippen LogP contribution in [0.1, 0.15) is 42.8 Å². The van der Waals surface area contributed by atoms with E-state index in [1.165, 1.54) is 10.7 Å². The van der Waals surface area contributed by atoms with Crippen molar-refractivity contribution in [2.24, 2.45) is 5.10 Å². The van der Waals surface area contributed by atoms with Crippen LogP contribution in [0.3, 0.4) is 0 Å². The molecular weight excluding hydrogens is 395 g/mol. The molecule has 0 saturated carbocycles. The second kappa shape index (κ2) is 7.38. The van der Waals surface area contributed by atoms with Gasteiger partial charge in [0.25, 0.3) is 5.56 Å². The van der Waals surface area contributed by atoms with Gasteiger partial charge in [0, 0.05) is 46.2 Å². The quantitative estimate of drug-likeness (QED) is 0.717. The van der Waals surface area contributed by atoms with Crippen LogP contribution in [0.2, 0.25) is 10.0 Å². The van der Waals surface area contributed by atoms with E-state index in [1.54, 1.807) is 12.1 Å². The van der Waals surface area contributed by atoms with E-state index in [2.05, 4.69) is 11.2 Å². The van der Waals surface area contributed by atoms with Gasteiger partial charge in [0.1, 0.15) is 5.82 Å². The molecule has 1 aromatic heterocycles. The standard InChI is InChI=1S/C21H16Cl2N4O/c1-12-17(16-7-6-15(22)8-18(16)23)9-20-25-19(10-21(28)27(20)26-12)14-4-2-13(11-24)3-5-14/h2,5-8,10,17H,3-4,9H2,1H3. The van der Waals surface area contributed by atoms with E-state index >= 15 is 0 Å². The van der Waals surface area contributed by atoms with Crippen molar-refractivity contribution in [2.45, 2.75) is 32.1 Å². The number of halogens is 2. The van der Waals surface area contributed by atoms with Gasteiger partial charge in [-0.3, -0.25) is 4.79 Å². The summed E-state index contributed by atoms with van der Waals surface area (Å²) in [6.07, 6.45) is 5.51. The fourth-order valence-corrected chi connectivity index (χ4v) is 4.08. The Morgan fingerprint density at radius 1 is 1.21 bits per heavy atom. The Bertz CT molecular complexity index is 1170. The summed E-state index contributed by atoms with van der Waals surface area (Å²) in [6, 6.07) is 9.08. The average Bonchev–Trinajstić information content (AvgIpc) is 2.68. The van der Waals surface area contributed by atoms with E-state index in [0.29, 0.717) is 40.8 Å². The first-order valence-corrected chi connectivity index (χ1v) is 9.64. The molecule has 28 heavy (non-hydrogen) atoms. The molecule has 2 heterocycles. The number of rotatable bonds is 2.